The molecular formula is C16H29N3O2. The zero-order valence-electron chi connectivity index (χ0n) is 14.0. The number of ether oxygens (including phenoxy) is 1. The maximum atomic E-state index is 5.99. The molecule has 1 atom stereocenters. The van der Waals surface area contributed by atoms with Crippen LogP contribution in [0.25, 0.3) is 0 Å². The first kappa shape index (κ1) is 16.4. The van der Waals surface area contributed by atoms with E-state index >= 15 is 0 Å². The molecule has 1 aromatic heterocycles. The molecule has 1 fully saturated rings. The Hall–Kier alpha value is -0.940. The van der Waals surface area contributed by atoms with Crippen molar-refractivity contribution in [2.75, 3.05) is 13.7 Å². The molecule has 120 valence electrons. The molecule has 1 N–H and O–H groups in total. The average Bonchev–Trinajstić information content (AvgIpc) is 3.04. The zero-order chi connectivity index (χ0) is 15.5. The van der Waals surface area contributed by atoms with Crippen molar-refractivity contribution in [1.82, 2.24) is 15.5 Å². The first-order valence-electron chi connectivity index (χ1n) is 8.05. The summed E-state index contributed by atoms with van der Waals surface area (Å²) >= 11 is 0. The maximum absolute atomic E-state index is 5.99. The summed E-state index contributed by atoms with van der Waals surface area (Å²) in [6.07, 6.45) is 5.08. The Balaban J connectivity index is 2.13. The number of likely N-dealkylation sites (N-methyl/N-ethyl adjacent to an activating group) is 1. The number of aromatic nitrogens is 2. The lowest BCUT2D eigenvalue weighted by Gasteiger charge is -2.29. The third-order valence-corrected chi connectivity index (χ3v) is 4.48. The second kappa shape index (κ2) is 6.44. The number of nitrogens with zero attached hydrogens (tertiary/aromatic N) is 2. The molecule has 21 heavy (non-hydrogen) atoms. The molecule has 0 saturated heterocycles. The van der Waals surface area contributed by atoms with E-state index in [1.807, 2.05) is 14.0 Å². The van der Waals surface area contributed by atoms with Crippen molar-refractivity contribution in [2.24, 2.45) is 5.41 Å². The van der Waals surface area contributed by atoms with Crippen LogP contribution in [0.3, 0.4) is 0 Å². The van der Waals surface area contributed by atoms with Crippen molar-refractivity contribution in [2.45, 2.75) is 71.4 Å². The molecule has 0 spiro atoms. The largest absolute Gasteiger partial charge is 0.367 e. The minimum Gasteiger partial charge on any atom is -0.367 e. The molecule has 5 heteroatoms. The van der Waals surface area contributed by atoms with Crippen molar-refractivity contribution in [3.63, 3.8) is 0 Å². The highest BCUT2D eigenvalue weighted by molar-refractivity contribution is 5.05. The zero-order valence-corrected chi connectivity index (χ0v) is 14.0. The standard InChI is InChI=1S/C16H29N3O2/c1-6-20-16(9-7-8-10-16)14-18-13(21-19-14)11-12(17-5)15(2,3)4/h12,17H,6-11H2,1-5H3. The third kappa shape index (κ3) is 3.64. The van der Waals surface area contributed by atoms with Gasteiger partial charge in [-0.2, -0.15) is 4.98 Å². The number of rotatable bonds is 6. The SMILES string of the molecule is CCOC1(c2noc(CC(NC)C(C)(C)C)n2)CCCC1. The Labute approximate surface area is 127 Å². The van der Waals surface area contributed by atoms with Crippen LogP contribution in [0.1, 0.15) is 65.1 Å². The van der Waals surface area contributed by atoms with E-state index in [1.54, 1.807) is 0 Å². The van der Waals surface area contributed by atoms with E-state index in [-0.39, 0.29) is 11.0 Å². The van der Waals surface area contributed by atoms with E-state index < -0.39 is 0 Å². The van der Waals surface area contributed by atoms with Crippen LogP contribution in [-0.4, -0.2) is 29.8 Å². The van der Waals surface area contributed by atoms with E-state index in [9.17, 15) is 0 Å². The van der Waals surface area contributed by atoms with Gasteiger partial charge < -0.3 is 14.6 Å². The van der Waals surface area contributed by atoms with Crippen LogP contribution >= 0.6 is 0 Å². The lowest BCUT2D eigenvalue weighted by molar-refractivity contribution is -0.0469. The topological polar surface area (TPSA) is 60.2 Å². The van der Waals surface area contributed by atoms with E-state index in [4.69, 9.17) is 9.26 Å². The molecule has 1 aliphatic rings. The second-order valence-electron chi connectivity index (χ2n) is 7.06. The molecule has 0 bridgehead atoms. The molecule has 0 aromatic carbocycles. The normalized spacial score (nSPS) is 19.9. The van der Waals surface area contributed by atoms with Gasteiger partial charge in [0.1, 0.15) is 5.60 Å². The van der Waals surface area contributed by atoms with Gasteiger partial charge in [-0.15, -0.1) is 0 Å². The predicted octanol–water partition coefficient (Wildman–Crippen LogP) is 3.05. The van der Waals surface area contributed by atoms with Gasteiger partial charge in [-0.1, -0.05) is 25.9 Å². The molecule has 2 rings (SSSR count). The Morgan fingerprint density at radius 1 is 1.33 bits per heavy atom. The monoisotopic (exact) mass is 295 g/mol. The fourth-order valence-electron chi connectivity index (χ4n) is 3.19. The summed E-state index contributed by atoms with van der Waals surface area (Å²) in [5.74, 6) is 1.44. The number of hydrogen-bond donors (Lipinski definition) is 1. The van der Waals surface area contributed by atoms with Crippen LogP contribution in [0.5, 0.6) is 0 Å². The summed E-state index contributed by atoms with van der Waals surface area (Å²) in [5.41, 5.74) is -0.165. The Morgan fingerprint density at radius 3 is 2.52 bits per heavy atom. The van der Waals surface area contributed by atoms with Gasteiger partial charge in [0, 0.05) is 19.1 Å². The fourth-order valence-corrected chi connectivity index (χ4v) is 3.19. The van der Waals surface area contributed by atoms with Gasteiger partial charge in [0.05, 0.1) is 0 Å². The first-order chi connectivity index (χ1) is 9.91. The smallest absolute Gasteiger partial charge is 0.228 e. The summed E-state index contributed by atoms with van der Waals surface area (Å²) < 4.78 is 11.5. The van der Waals surface area contributed by atoms with Gasteiger partial charge in [-0.25, -0.2) is 0 Å². The molecule has 1 saturated carbocycles. The van der Waals surface area contributed by atoms with Gasteiger partial charge in [-0.3, -0.25) is 0 Å². The van der Waals surface area contributed by atoms with Crippen LogP contribution in [-0.2, 0) is 16.8 Å². The van der Waals surface area contributed by atoms with Crippen LogP contribution in [0, 0.1) is 5.41 Å². The number of nitrogens with one attached hydrogen (secondary N) is 1. The summed E-state index contributed by atoms with van der Waals surface area (Å²) in [6.45, 7) is 9.35. The summed E-state index contributed by atoms with van der Waals surface area (Å²) in [4.78, 5) is 4.64. The molecule has 1 unspecified atom stereocenters. The molecular weight excluding hydrogens is 266 g/mol. The molecule has 1 heterocycles. The Bertz CT molecular complexity index is 445. The van der Waals surface area contributed by atoms with Crippen LogP contribution in [0.15, 0.2) is 4.52 Å². The van der Waals surface area contributed by atoms with E-state index in [0.717, 1.165) is 25.1 Å². The Kier molecular flexibility index (Phi) is 5.04. The lowest BCUT2D eigenvalue weighted by atomic mass is 9.85. The van der Waals surface area contributed by atoms with Crippen molar-refractivity contribution in [3.05, 3.63) is 11.7 Å². The summed E-state index contributed by atoms with van der Waals surface area (Å²) in [6, 6.07) is 0.303. The third-order valence-electron chi connectivity index (χ3n) is 4.48. The molecule has 1 aliphatic carbocycles. The van der Waals surface area contributed by atoms with Crippen LogP contribution in [0.2, 0.25) is 0 Å². The number of hydrogen-bond acceptors (Lipinski definition) is 5. The molecule has 5 nitrogen and oxygen atoms in total. The van der Waals surface area contributed by atoms with Crippen LogP contribution < -0.4 is 5.32 Å². The molecule has 1 aromatic rings. The van der Waals surface area contributed by atoms with Crippen molar-refractivity contribution in [3.8, 4) is 0 Å². The molecule has 0 amide bonds. The predicted molar refractivity (Wildman–Crippen MR) is 82.1 cm³/mol. The molecule has 0 aliphatic heterocycles. The van der Waals surface area contributed by atoms with E-state index in [1.165, 1.54) is 12.8 Å². The van der Waals surface area contributed by atoms with Gasteiger partial charge in [-0.05, 0) is 45.1 Å². The highest BCUT2D eigenvalue weighted by Gasteiger charge is 2.41. The minimum atomic E-state index is -0.312. The Morgan fingerprint density at radius 2 is 2.00 bits per heavy atom. The van der Waals surface area contributed by atoms with Gasteiger partial charge in [0.25, 0.3) is 0 Å². The van der Waals surface area contributed by atoms with Crippen molar-refractivity contribution >= 4 is 0 Å². The minimum absolute atomic E-state index is 0.147. The maximum Gasteiger partial charge on any atom is 0.228 e. The highest BCUT2D eigenvalue weighted by atomic mass is 16.5. The van der Waals surface area contributed by atoms with Gasteiger partial charge >= 0.3 is 0 Å². The quantitative estimate of drug-likeness (QED) is 0.874. The first-order valence-corrected chi connectivity index (χ1v) is 8.05. The summed E-state index contributed by atoms with van der Waals surface area (Å²) in [5, 5.41) is 7.56. The highest BCUT2D eigenvalue weighted by Crippen LogP contribution is 2.40. The van der Waals surface area contributed by atoms with Gasteiger partial charge in [0.2, 0.25) is 11.7 Å². The van der Waals surface area contributed by atoms with E-state index in [2.05, 4.69) is 36.2 Å². The van der Waals surface area contributed by atoms with Crippen molar-refractivity contribution < 1.29 is 9.26 Å². The fraction of sp³-hybridized carbons (Fsp3) is 0.875. The second-order valence-corrected chi connectivity index (χ2v) is 7.06. The molecule has 0 radical (unpaired) electrons. The lowest BCUT2D eigenvalue weighted by Crippen LogP contribution is -2.39. The van der Waals surface area contributed by atoms with E-state index in [0.29, 0.717) is 18.5 Å². The average molecular weight is 295 g/mol. The van der Waals surface area contributed by atoms with Crippen molar-refractivity contribution in [1.29, 1.82) is 0 Å². The van der Waals surface area contributed by atoms with Crippen LogP contribution in [0.4, 0.5) is 0 Å². The van der Waals surface area contributed by atoms with Gasteiger partial charge in [0.15, 0.2) is 0 Å². The summed E-state index contributed by atoms with van der Waals surface area (Å²) in [7, 11) is 1.98.